The number of aromatic nitrogens is 2. The van der Waals surface area contributed by atoms with E-state index < -0.39 is 0 Å². The molecule has 0 saturated heterocycles. The molecule has 0 N–H and O–H groups in total. The van der Waals surface area contributed by atoms with Gasteiger partial charge in [0.25, 0.3) is 0 Å². The molecule has 13 heavy (non-hydrogen) atoms. The van der Waals surface area contributed by atoms with Crippen LogP contribution in [0.4, 0.5) is 5.95 Å². The average molecular weight is 179 g/mol. The summed E-state index contributed by atoms with van der Waals surface area (Å²) in [5.74, 6) is 0.639. The highest BCUT2D eigenvalue weighted by molar-refractivity contribution is 5.78. The number of nitrogens with zero attached hydrogens (tertiary/aromatic N) is 3. The monoisotopic (exact) mass is 179 g/mol. The summed E-state index contributed by atoms with van der Waals surface area (Å²) in [5.41, 5.74) is 2.04. The van der Waals surface area contributed by atoms with Crippen LogP contribution >= 0.6 is 0 Å². The van der Waals surface area contributed by atoms with Crippen LogP contribution in [-0.4, -0.2) is 30.3 Å². The quantitative estimate of drug-likeness (QED) is 0.635. The van der Waals surface area contributed by atoms with Gasteiger partial charge in [-0.2, -0.15) is 0 Å². The summed E-state index contributed by atoms with van der Waals surface area (Å²) >= 11 is 0. The summed E-state index contributed by atoms with van der Waals surface area (Å²) in [6.07, 6.45) is 0.796. The smallest absolute Gasteiger partial charge is 0.225 e. The topological polar surface area (TPSA) is 46.1 Å². The summed E-state index contributed by atoms with van der Waals surface area (Å²) < 4.78 is 0. The van der Waals surface area contributed by atoms with E-state index in [1.54, 1.807) is 0 Å². The Balaban J connectivity index is 3.28. The van der Waals surface area contributed by atoms with E-state index in [2.05, 4.69) is 9.97 Å². The highest BCUT2D eigenvalue weighted by atomic mass is 16.1. The van der Waals surface area contributed by atoms with Crippen molar-refractivity contribution in [3.05, 3.63) is 17.0 Å². The lowest BCUT2D eigenvalue weighted by Gasteiger charge is -2.12. The van der Waals surface area contributed by atoms with E-state index in [1.807, 2.05) is 32.8 Å². The maximum atomic E-state index is 10.6. The first-order valence-electron chi connectivity index (χ1n) is 4.04. The molecule has 1 aromatic heterocycles. The van der Waals surface area contributed by atoms with Crippen LogP contribution in [-0.2, 0) is 0 Å². The van der Waals surface area contributed by atoms with Crippen molar-refractivity contribution >= 4 is 12.2 Å². The van der Waals surface area contributed by atoms with E-state index in [1.165, 1.54) is 0 Å². The Morgan fingerprint density at radius 3 is 1.92 bits per heavy atom. The Bertz CT molecular complexity index is 311. The summed E-state index contributed by atoms with van der Waals surface area (Å²) in [4.78, 5) is 20.8. The molecule has 0 bridgehead atoms. The number of anilines is 1. The molecule has 0 saturated carbocycles. The molecular weight excluding hydrogens is 166 g/mol. The van der Waals surface area contributed by atoms with Crippen molar-refractivity contribution in [1.82, 2.24) is 9.97 Å². The number of rotatable bonds is 2. The molecule has 0 radical (unpaired) electrons. The Kier molecular flexibility index (Phi) is 2.60. The maximum Gasteiger partial charge on any atom is 0.225 e. The van der Waals surface area contributed by atoms with Gasteiger partial charge < -0.3 is 4.90 Å². The second kappa shape index (κ2) is 3.51. The van der Waals surface area contributed by atoms with E-state index in [-0.39, 0.29) is 0 Å². The lowest BCUT2D eigenvalue weighted by atomic mass is 10.2. The molecule has 0 spiro atoms. The summed E-state index contributed by atoms with van der Waals surface area (Å²) in [5, 5.41) is 0. The average Bonchev–Trinajstić information content (AvgIpc) is 2.03. The van der Waals surface area contributed by atoms with Gasteiger partial charge in [0.15, 0.2) is 6.29 Å². The molecule has 0 atom stereocenters. The molecule has 0 aromatic carbocycles. The normalized spacial score (nSPS) is 9.85. The van der Waals surface area contributed by atoms with Gasteiger partial charge in [-0.15, -0.1) is 0 Å². The Morgan fingerprint density at radius 2 is 1.62 bits per heavy atom. The van der Waals surface area contributed by atoms with Crippen LogP contribution in [0.5, 0.6) is 0 Å². The van der Waals surface area contributed by atoms with Crippen molar-refractivity contribution in [2.75, 3.05) is 19.0 Å². The molecule has 0 aliphatic rings. The van der Waals surface area contributed by atoms with Crippen LogP contribution in [0.25, 0.3) is 0 Å². The van der Waals surface area contributed by atoms with Crippen molar-refractivity contribution < 1.29 is 4.79 Å². The first kappa shape index (κ1) is 9.64. The van der Waals surface area contributed by atoms with Crippen LogP contribution in [0.2, 0.25) is 0 Å². The molecule has 1 rings (SSSR count). The van der Waals surface area contributed by atoms with Crippen molar-refractivity contribution in [2.24, 2.45) is 0 Å². The summed E-state index contributed by atoms with van der Waals surface area (Å²) in [6.45, 7) is 3.62. The van der Waals surface area contributed by atoms with Gasteiger partial charge in [0.1, 0.15) is 0 Å². The van der Waals surface area contributed by atoms with Crippen LogP contribution in [0, 0.1) is 13.8 Å². The summed E-state index contributed by atoms with van der Waals surface area (Å²) in [6, 6.07) is 0. The third-order valence-electron chi connectivity index (χ3n) is 1.83. The first-order valence-corrected chi connectivity index (χ1v) is 4.04. The number of hydrogen-bond acceptors (Lipinski definition) is 4. The van der Waals surface area contributed by atoms with Crippen molar-refractivity contribution in [2.45, 2.75) is 13.8 Å². The van der Waals surface area contributed by atoms with E-state index in [4.69, 9.17) is 0 Å². The number of aryl methyl sites for hydroxylation is 2. The SMILES string of the molecule is Cc1nc(N(C)C)nc(C)c1C=O. The molecule has 0 aliphatic carbocycles. The van der Waals surface area contributed by atoms with E-state index >= 15 is 0 Å². The van der Waals surface area contributed by atoms with Crippen molar-refractivity contribution in [1.29, 1.82) is 0 Å². The van der Waals surface area contributed by atoms with Crippen molar-refractivity contribution in [3.63, 3.8) is 0 Å². The molecule has 0 aliphatic heterocycles. The van der Waals surface area contributed by atoms with Crippen LogP contribution in [0.3, 0.4) is 0 Å². The second-order valence-electron chi connectivity index (χ2n) is 3.12. The molecule has 1 aromatic rings. The number of carbonyl (C=O) groups is 1. The zero-order valence-electron chi connectivity index (χ0n) is 8.33. The van der Waals surface area contributed by atoms with E-state index in [0.717, 1.165) is 17.7 Å². The van der Waals surface area contributed by atoms with Gasteiger partial charge in [0, 0.05) is 14.1 Å². The third-order valence-corrected chi connectivity index (χ3v) is 1.83. The second-order valence-corrected chi connectivity index (χ2v) is 3.12. The molecule has 70 valence electrons. The molecule has 0 unspecified atom stereocenters. The van der Waals surface area contributed by atoms with Crippen LogP contribution in [0.15, 0.2) is 0 Å². The van der Waals surface area contributed by atoms with Gasteiger partial charge in [-0.3, -0.25) is 4.79 Å². The maximum absolute atomic E-state index is 10.6. The molecule has 0 amide bonds. The van der Waals surface area contributed by atoms with Crippen molar-refractivity contribution in [3.8, 4) is 0 Å². The van der Waals surface area contributed by atoms with Gasteiger partial charge >= 0.3 is 0 Å². The van der Waals surface area contributed by atoms with Gasteiger partial charge in [-0.1, -0.05) is 0 Å². The lowest BCUT2D eigenvalue weighted by Crippen LogP contribution is -2.15. The number of hydrogen-bond donors (Lipinski definition) is 0. The largest absolute Gasteiger partial charge is 0.347 e. The molecular formula is C9H13N3O. The van der Waals surface area contributed by atoms with Gasteiger partial charge in [-0.05, 0) is 13.8 Å². The fourth-order valence-corrected chi connectivity index (χ4v) is 1.08. The van der Waals surface area contributed by atoms with Gasteiger partial charge in [0.2, 0.25) is 5.95 Å². The minimum Gasteiger partial charge on any atom is -0.347 e. The Morgan fingerprint density at radius 1 is 1.15 bits per heavy atom. The predicted molar refractivity (Wildman–Crippen MR) is 51.2 cm³/mol. The fourth-order valence-electron chi connectivity index (χ4n) is 1.08. The lowest BCUT2D eigenvalue weighted by molar-refractivity contribution is 0.112. The third kappa shape index (κ3) is 1.83. The standard InChI is InChI=1S/C9H13N3O/c1-6-8(5-13)7(2)11-9(10-6)12(3)4/h5H,1-4H3. The minimum absolute atomic E-state index is 0.589. The minimum atomic E-state index is 0.589. The first-order chi connectivity index (χ1) is 6.06. The number of carbonyl (C=O) groups excluding carboxylic acids is 1. The number of aldehydes is 1. The van der Waals surface area contributed by atoms with Crippen LogP contribution < -0.4 is 4.90 Å². The molecule has 4 nitrogen and oxygen atoms in total. The molecule has 4 heteroatoms. The Labute approximate surface area is 77.6 Å². The zero-order chi connectivity index (χ0) is 10.0. The highest BCUT2D eigenvalue weighted by Crippen LogP contribution is 2.11. The van der Waals surface area contributed by atoms with E-state index in [0.29, 0.717) is 11.5 Å². The highest BCUT2D eigenvalue weighted by Gasteiger charge is 2.07. The zero-order valence-corrected chi connectivity index (χ0v) is 8.33. The molecule has 0 fully saturated rings. The molecule has 1 heterocycles. The Hall–Kier alpha value is -1.45. The van der Waals surface area contributed by atoms with Crippen LogP contribution in [0.1, 0.15) is 21.7 Å². The van der Waals surface area contributed by atoms with Gasteiger partial charge in [0.05, 0.1) is 17.0 Å². The predicted octanol–water partition coefficient (Wildman–Crippen LogP) is 0.972. The summed E-state index contributed by atoms with van der Waals surface area (Å²) in [7, 11) is 3.74. The fraction of sp³-hybridized carbons (Fsp3) is 0.444. The van der Waals surface area contributed by atoms with Gasteiger partial charge in [-0.25, -0.2) is 9.97 Å². The van der Waals surface area contributed by atoms with E-state index in [9.17, 15) is 4.79 Å².